The first kappa shape index (κ1) is 13.1. The molecule has 0 radical (unpaired) electrons. The first-order valence-electron chi connectivity index (χ1n) is 5.18. The highest BCUT2D eigenvalue weighted by Crippen LogP contribution is 2.25. The minimum Gasteiger partial charge on any atom is -0.399 e. The van der Waals surface area contributed by atoms with E-state index in [4.69, 9.17) is 5.73 Å². The molecule has 0 atom stereocenters. The van der Waals surface area contributed by atoms with Gasteiger partial charge in [-0.2, -0.15) is 0 Å². The van der Waals surface area contributed by atoms with E-state index in [0.717, 1.165) is 8.95 Å². The average molecular weight is 370 g/mol. The molecule has 2 rings (SSSR count). The molecule has 92 valence electrons. The van der Waals surface area contributed by atoms with Gasteiger partial charge in [0, 0.05) is 20.2 Å². The molecule has 0 saturated carbocycles. The van der Waals surface area contributed by atoms with Crippen LogP contribution in [0.5, 0.6) is 0 Å². The van der Waals surface area contributed by atoms with Crippen molar-refractivity contribution < 1.29 is 4.79 Å². The SMILES string of the molecule is Nc1ccc(NC(=O)c2ccc(Br)cc2)c(Br)c1. The van der Waals surface area contributed by atoms with Gasteiger partial charge in [0.2, 0.25) is 0 Å². The van der Waals surface area contributed by atoms with Crippen molar-refractivity contribution in [1.29, 1.82) is 0 Å². The zero-order valence-corrected chi connectivity index (χ0v) is 12.5. The summed E-state index contributed by atoms with van der Waals surface area (Å²) in [5.41, 5.74) is 7.57. The van der Waals surface area contributed by atoms with E-state index in [9.17, 15) is 4.79 Å². The summed E-state index contributed by atoms with van der Waals surface area (Å²) in [6, 6.07) is 12.4. The van der Waals surface area contributed by atoms with Crippen LogP contribution in [0.1, 0.15) is 10.4 Å². The fraction of sp³-hybridized carbons (Fsp3) is 0. The van der Waals surface area contributed by atoms with Crippen LogP contribution in [0.2, 0.25) is 0 Å². The summed E-state index contributed by atoms with van der Waals surface area (Å²) < 4.78 is 1.70. The molecule has 0 saturated heterocycles. The molecule has 0 aliphatic carbocycles. The van der Waals surface area contributed by atoms with E-state index >= 15 is 0 Å². The number of halogens is 2. The van der Waals surface area contributed by atoms with E-state index in [-0.39, 0.29) is 5.91 Å². The van der Waals surface area contributed by atoms with Gasteiger partial charge in [-0.05, 0) is 58.4 Å². The fourth-order valence-corrected chi connectivity index (χ4v) is 2.19. The Kier molecular flexibility index (Phi) is 4.04. The lowest BCUT2D eigenvalue weighted by Crippen LogP contribution is -2.12. The fourth-order valence-electron chi connectivity index (χ4n) is 1.43. The first-order valence-corrected chi connectivity index (χ1v) is 6.77. The third-order valence-electron chi connectivity index (χ3n) is 2.35. The van der Waals surface area contributed by atoms with Crippen LogP contribution in [0, 0.1) is 0 Å². The second-order valence-corrected chi connectivity index (χ2v) is 5.47. The van der Waals surface area contributed by atoms with Crippen molar-refractivity contribution in [3.63, 3.8) is 0 Å². The van der Waals surface area contributed by atoms with Crippen molar-refractivity contribution in [2.24, 2.45) is 0 Å². The van der Waals surface area contributed by atoms with E-state index < -0.39 is 0 Å². The second kappa shape index (κ2) is 5.54. The minimum atomic E-state index is -0.159. The van der Waals surface area contributed by atoms with Crippen LogP contribution in [0.3, 0.4) is 0 Å². The van der Waals surface area contributed by atoms with Crippen molar-refractivity contribution >= 4 is 49.1 Å². The Labute approximate surface area is 122 Å². The van der Waals surface area contributed by atoms with E-state index in [1.807, 2.05) is 12.1 Å². The summed E-state index contributed by atoms with van der Waals surface area (Å²) in [5, 5.41) is 2.82. The molecule has 3 N–H and O–H groups in total. The molecule has 0 unspecified atom stereocenters. The lowest BCUT2D eigenvalue weighted by molar-refractivity contribution is 0.102. The zero-order chi connectivity index (χ0) is 13.1. The Bertz CT molecular complexity index is 582. The summed E-state index contributed by atoms with van der Waals surface area (Å²) >= 11 is 6.69. The van der Waals surface area contributed by atoms with Crippen LogP contribution < -0.4 is 11.1 Å². The van der Waals surface area contributed by atoms with Gasteiger partial charge in [-0.15, -0.1) is 0 Å². The standard InChI is InChI=1S/C13H10Br2N2O/c14-9-3-1-8(2-4-9)13(18)17-12-6-5-10(16)7-11(12)15/h1-7H,16H2,(H,17,18). The van der Waals surface area contributed by atoms with E-state index in [0.29, 0.717) is 16.9 Å². The summed E-state index contributed by atoms with van der Waals surface area (Å²) in [6.45, 7) is 0. The quantitative estimate of drug-likeness (QED) is 0.784. The lowest BCUT2D eigenvalue weighted by Gasteiger charge is -2.08. The van der Waals surface area contributed by atoms with Gasteiger partial charge in [-0.1, -0.05) is 15.9 Å². The van der Waals surface area contributed by atoms with Gasteiger partial charge in [-0.3, -0.25) is 4.79 Å². The van der Waals surface area contributed by atoms with E-state index in [1.165, 1.54) is 0 Å². The number of rotatable bonds is 2. The van der Waals surface area contributed by atoms with Gasteiger partial charge < -0.3 is 11.1 Å². The number of hydrogen-bond acceptors (Lipinski definition) is 2. The molecule has 2 aromatic rings. The maximum atomic E-state index is 12.0. The lowest BCUT2D eigenvalue weighted by atomic mass is 10.2. The molecule has 5 heteroatoms. The summed E-state index contributed by atoms with van der Waals surface area (Å²) in [7, 11) is 0. The number of nitrogens with one attached hydrogen (secondary N) is 1. The number of amides is 1. The molecule has 0 spiro atoms. The minimum absolute atomic E-state index is 0.159. The Morgan fingerprint density at radius 3 is 2.33 bits per heavy atom. The van der Waals surface area contributed by atoms with Crippen molar-refractivity contribution in [2.75, 3.05) is 11.1 Å². The van der Waals surface area contributed by atoms with Gasteiger partial charge in [0.25, 0.3) is 5.91 Å². The van der Waals surface area contributed by atoms with Crippen molar-refractivity contribution in [1.82, 2.24) is 0 Å². The van der Waals surface area contributed by atoms with Crippen molar-refractivity contribution in [3.05, 3.63) is 57.0 Å². The molecule has 0 heterocycles. The number of anilines is 2. The molecule has 3 nitrogen and oxygen atoms in total. The topological polar surface area (TPSA) is 55.1 Å². The predicted molar refractivity (Wildman–Crippen MR) is 80.6 cm³/mol. The Morgan fingerprint density at radius 2 is 1.72 bits per heavy atom. The monoisotopic (exact) mass is 368 g/mol. The van der Waals surface area contributed by atoms with Crippen LogP contribution in [0.15, 0.2) is 51.4 Å². The number of benzene rings is 2. The van der Waals surface area contributed by atoms with Gasteiger partial charge in [-0.25, -0.2) is 0 Å². The Morgan fingerprint density at radius 1 is 1.06 bits per heavy atom. The largest absolute Gasteiger partial charge is 0.399 e. The number of hydrogen-bond donors (Lipinski definition) is 2. The number of nitrogen functional groups attached to an aromatic ring is 1. The summed E-state index contributed by atoms with van der Waals surface area (Å²) in [6.07, 6.45) is 0. The van der Waals surface area contributed by atoms with Crippen LogP contribution in [0.4, 0.5) is 11.4 Å². The highest BCUT2D eigenvalue weighted by atomic mass is 79.9. The normalized spacial score (nSPS) is 10.1. The van der Waals surface area contributed by atoms with Crippen LogP contribution in [-0.4, -0.2) is 5.91 Å². The van der Waals surface area contributed by atoms with Gasteiger partial charge in [0.05, 0.1) is 5.69 Å². The highest BCUT2D eigenvalue weighted by molar-refractivity contribution is 9.10. The van der Waals surface area contributed by atoms with E-state index in [1.54, 1.807) is 30.3 Å². The van der Waals surface area contributed by atoms with E-state index in [2.05, 4.69) is 37.2 Å². The van der Waals surface area contributed by atoms with Crippen LogP contribution in [0.25, 0.3) is 0 Å². The third-order valence-corrected chi connectivity index (χ3v) is 3.53. The Hall–Kier alpha value is -1.33. The first-order chi connectivity index (χ1) is 8.56. The molecule has 0 fully saturated rings. The van der Waals surface area contributed by atoms with Gasteiger partial charge >= 0.3 is 0 Å². The second-order valence-electron chi connectivity index (χ2n) is 3.70. The number of carbonyl (C=O) groups is 1. The van der Waals surface area contributed by atoms with Crippen molar-refractivity contribution in [3.8, 4) is 0 Å². The van der Waals surface area contributed by atoms with Gasteiger partial charge in [0.15, 0.2) is 0 Å². The zero-order valence-electron chi connectivity index (χ0n) is 9.28. The molecular weight excluding hydrogens is 360 g/mol. The van der Waals surface area contributed by atoms with Gasteiger partial charge in [0.1, 0.15) is 0 Å². The highest BCUT2D eigenvalue weighted by Gasteiger charge is 2.08. The maximum Gasteiger partial charge on any atom is 0.255 e. The molecule has 18 heavy (non-hydrogen) atoms. The van der Waals surface area contributed by atoms with Crippen LogP contribution in [-0.2, 0) is 0 Å². The van der Waals surface area contributed by atoms with Crippen LogP contribution >= 0.6 is 31.9 Å². The number of nitrogens with two attached hydrogens (primary N) is 1. The third kappa shape index (κ3) is 3.11. The Balaban J connectivity index is 2.18. The summed E-state index contributed by atoms with van der Waals surface area (Å²) in [5.74, 6) is -0.159. The predicted octanol–water partition coefficient (Wildman–Crippen LogP) is 4.05. The van der Waals surface area contributed by atoms with Crippen molar-refractivity contribution in [2.45, 2.75) is 0 Å². The molecule has 0 aliphatic heterocycles. The smallest absolute Gasteiger partial charge is 0.255 e. The maximum absolute atomic E-state index is 12.0. The average Bonchev–Trinajstić information content (AvgIpc) is 2.33. The molecular formula is C13H10Br2N2O. The molecule has 1 amide bonds. The molecule has 2 aromatic carbocycles. The molecule has 0 aliphatic rings. The molecule has 0 aromatic heterocycles. The summed E-state index contributed by atoms with van der Waals surface area (Å²) in [4.78, 5) is 12.0. The number of carbonyl (C=O) groups excluding carboxylic acids is 1. The molecule has 0 bridgehead atoms.